The Labute approximate surface area is 263 Å². The maximum atomic E-state index is 14.3. The summed E-state index contributed by atoms with van der Waals surface area (Å²) in [6.45, 7) is 7.59. The highest BCUT2D eigenvalue weighted by molar-refractivity contribution is 7.10. The minimum atomic E-state index is -0.812. The lowest BCUT2D eigenvalue weighted by Crippen LogP contribution is -2.56. The van der Waals surface area contributed by atoms with Crippen LogP contribution in [0.3, 0.4) is 0 Å². The lowest BCUT2D eigenvalue weighted by atomic mass is 9.83. The number of nitrogens with zero attached hydrogens (tertiary/aromatic N) is 3. The number of amides is 3. The SMILES string of the molecule is C[C@@H](C(=O)N[C@H](C(=O)N1CCC[C@H]1c1nc(-c2c(O)ccc3ccccc23)cs1)C1CCCCC1)N(C)C(=O)OC(C)(C)C. The minimum absolute atomic E-state index is 0.0277. The molecule has 3 amide bonds. The van der Waals surface area contributed by atoms with Crippen molar-refractivity contribution in [2.24, 2.45) is 5.92 Å². The predicted molar refractivity (Wildman–Crippen MR) is 172 cm³/mol. The van der Waals surface area contributed by atoms with Gasteiger partial charge in [0, 0.05) is 19.0 Å². The Bertz CT molecular complexity index is 1510. The molecule has 0 radical (unpaired) electrons. The van der Waals surface area contributed by atoms with Gasteiger partial charge in [0.05, 0.1) is 17.3 Å². The molecule has 0 bridgehead atoms. The smallest absolute Gasteiger partial charge is 0.410 e. The van der Waals surface area contributed by atoms with Crippen LogP contribution >= 0.6 is 11.3 Å². The number of hydrogen-bond donors (Lipinski definition) is 2. The molecule has 2 fully saturated rings. The zero-order valence-electron chi connectivity index (χ0n) is 26.3. The van der Waals surface area contributed by atoms with Crippen LogP contribution in [0.4, 0.5) is 4.79 Å². The molecule has 1 saturated carbocycles. The van der Waals surface area contributed by atoms with Crippen LogP contribution in [0.2, 0.25) is 0 Å². The number of fused-ring (bicyclic) bond motifs is 1. The van der Waals surface area contributed by atoms with E-state index in [1.54, 1.807) is 40.8 Å². The first-order valence-corrected chi connectivity index (χ1v) is 16.6. The summed E-state index contributed by atoms with van der Waals surface area (Å²) in [7, 11) is 1.54. The number of carbonyl (C=O) groups is 3. The standard InChI is InChI=1S/C34H44N4O5S/c1-21(37(5)33(42)43-34(2,3)4)30(40)36-29(23-13-7-6-8-14-23)32(41)38-19-11-16-26(38)31-35-25(20-44-31)28-24-15-10-9-12-22(24)17-18-27(28)39/h9-10,12,15,17-18,20-21,23,26,29,39H,6-8,11,13-14,16,19H2,1-5H3,(H,36,40)/t21-,26-,29-/m0/s1. The molecular formula is C34H44N4O5S. The molecule has 2 aliphatic rings. The summed E-state index contributed by atoms with van der Waals surface area (Å²) in [4.78, 5) is 48.6. The van der Waals surface area contributed by atoms with Crippen molar-refractivity contribution in [3.63, 3.8) is 0 Å². The zero-order chi connectivity index (χ0) is 31.6. The molecule has 236 valence electrons. The summed E-state index contributed by atoms with van der Waals surface area (Å²) < 4.78 is 5.46. The predicted octanol–water partition coefficient (Wildman–Crippen LogP) is 6.65. The van der Waals surface area contributed by atoms with E-state index in [0.29, 0.717) is 17.8 Å². The number of rotatable bonds is 7. The van der Waals surface area contributed by atoms with Crippen LogP contribution in [0.1, 0.15) is 83.7 Å². The van der Waals surface area contributed by atoms with Gasteiger partial charge in [0.15, 0.2) is 0 Å². The van der Waals surface area contributed by atoms with Gasteiger partial charge >= 0.3 is 6.09 Å². The highest BCUT2D eigenvalue weighted by Crippen LogP contribution is 2.41. The molecule has 10 heteroatoms. The van der Waals surface area contributed by atoms with Crippen LogP contribution < -0.4 is 5.32 Å². The molecule has 2 N–H and O–H groups in total. The summed E-state index contributed by atoms with van der Waals surface area (Å²) in [5.74, 6) is -0.268. The van der Waals surface area contributed by atoms with Gasteiger partial charge < -0.3 is 20.1 Å². The van der Waals surface area contributed by atoms with E-state index in [2.05, 4.69) is 5.32 Å². The van der Waals surface area contributed by atoms with E-state index in [1.165, 1.54) is 16.2 Å². The number of aromatic nitrogens is 1. The number of likely N-dealkylation sites (N-methyl/N-ethyl adjacent to an activating group) is 1. The molecule has 1 aliphatic heterocycles. The van der Waals surface area contributed by atoms with Crippen molar-refractivity contribution < 1.29 is 24.2 Å². The Morgan fingerprint density at radius 1 is 1.07 bits per heavy atom. The van der Waals surface area contributed by atoms with Crippen molar-refractivity contribution in [3.05, 3.63) is 46.8 Å². The van der Waals surface area contributed by atoms with Crippen LogP contribution in [0.15, 0.2) is 41.8 Å². The second-order valence-electron chi connectivity index (χ2n) is 13.1. The average molecular weight is 621 g/mol. The normalized spacial score (nSPS) is 19.0. The molecule has 0 spiro atoms. The molecule has 3 aromatic rings. The lowest BCUT2D eigenvalue weighted by Gasteiger charge is -2.36. The second-order valence-corrected chi connectivity index (χ2v) is 14.0. The summed E-state index contributed by atoms with van der Waals surface area (Å²) in [5, 5.41) is 18.6. The maximum absolute atomic E-state index is 14.3. The molecular weight excluding hydrogens is 576 g/mol. The van der Waals surface area contributed by atoms with Crippen molar-refractivity contribution in [1.82, 2.24) is 20.1 Å². The Balaban J connectivity index is 1.37. The van der Waals surface area contributed by atoms with Crippen LogP contribution in [-0.2, 0) is 14.3 Å². The summed E-state index contributed by atoms with van der Waals surface area (Å²) in [6, 6.07) is 9.79. The van der Waals surface area contributed by atoms with Gasteiger partial charge in [0.2, 0.25) is 11.8 Å². The summed E-state index contributed by atoms with van der Waals surface area (Å²) in [6.07, 6.45) is 5.93. The molecule has 5 rings (SSSR count). The van der Waals surface area contributed by atoms with Gasteiger partial charge in [0.1, 0.15) is 28.4 Å². The Morgan fingerprint density at radius 3 is 2.52 bits per heavy atom. The fraction of sp³-hybridized carbons (Fsp3) is 0.529. The number of likely N-dealkylation sites (tertiary alicyclic amines) is 1. The summed E-state index contributed by atoms with van der Waals surface area (Å²) >= 11 is 1.50. The molecule has 1 aliphatic carbocycles. The van der Waals surface area contributed by atoms with Gasteiger partial charge in [-0.15, -0.1) is 11.3 Å². The van der Waals surface area contributed by atoms with Crippen molar-refractivity contribution >= 4 is 40.0 Å². The third kappa shape index (κ3) is 6.85. The lowest BCUT2D eigenvalue weighted by molar-refractivity contribution is -0.140. The molecule has 2 heterocycles. The third-order valence-electron chi connectivity index (χ3n) is 8.83. The number of carbonyl (C=O) groups excluding carboxylic acids is 3. The number of phenolic OH excluding ortho intramolecular Hbond substituents is 1. The fourth-order valence-electron chi connectivity index (χ4n) is 6.34. The monoisotopic (exact) mass is 620 g/mol. The molecule has 0 unspecified atom stereocenters. The van der Waals surface area contributed by atoms with E-state index in [0.717, 1.165) is 60.7 Å². The number of ether oxygens (including phenoxy) is 1. The zero-order valence-corrected chi connectivity index (χ0v) is 27.2. The minimum Gasteiger partial charge on any atom is -0.507 e. The fourth-order valence-corrected chi connectivity index (χ4v) is 7.30. The number of thiazole rings is 1. The number of nitrogens with one attached hydrogen (secondary N) is 1. The molecule has 44 heavy (non-hydrogen) atoms. The van der Waals surface area contributed by atoms with E-state index in [-0.39, 0.29) is 29.5 Å². The first kappa shape index (κ1) is 31.8. The van der Waals surface area contributed by atoms with Gasteiger partial charge in [0.25, 0.3) is 0 Å². The van der Waals surface area contributed by atoms with Crippen LogP contribution in [0.5, 0.6) is 5.75 Å². The summed E-state index contributed by atoms with van der Waals surface area (Å²) in [5.41, 5.74) is 0.696. The van der Waals surface area contributed by atoms with Gasteiger partial charge in [-0.05, 0) is 76.1 Å². The van der Waals surface area contributed by atoms with Crippen molar-refractivity contribution in [2.45, 2.75) is 96.4 Å². The Hall–Kier alpha value is -3.66. The third-order valence-corrected chi connectivity index (χ3v) is 9.78. The van der Waals surface area contributed by atoms with Crippen LogP contribution in [0, 0.1) is 5.92 Å². The van der Waals surface area contributed by atoms with Gasteiger partial charge in [-0.3, -0.25) is 14.5 Å². The molecule has 1 aromatic heterocycles. The van der Waals surface area contributed by atoms with E-state index < -0.39 is 23.8 Å². The van der Waals surface area contributed by atoms with E-state index in [4.69, 9.17) is 9.72 Å². The van der Waals surface area contributed by atoms with E-state index in [1.807, 2.05) is 40.6 Å². The van der Waals surface area contributed by atoms with Crippen LogP contribution in [0.25, 0.3) is 22.0 Å². The van der Waals surface area contributed by atoms with Crippen molar-refractivity contribution in [2.75, 3.05) is 13.6 Å². The highest BCUT2D eigenvalue weighted by atomic mass is 32.1. The Kier molecular flexibility index (Phi) is 9.48. The van der Waals surface area contributed by atoms with Gasteiger partial charge in [-0.25, -0.2) is 9.78 Å². The second kappa shape index (κ2) is 13.1. The van der Waals surface area contributed by atoms with Crippen molar-refractivity contribution in [1.29, 1.82) is 0 Å². The first-order chi connectivity index (χ1) is 20.9. The topological polar surface area (TPSA) is 112 Å². The highest BCUT2D eigenvalue weighted by Gasteiger charge is 2.41. The molecule has 9 nitrogen and oxygen atoms in total. The quantitative estimate of drug-likeness (QED) is 0.306. The molecule has 3 atom stereocenters. The largest absolute Gasteiger partial charge is 0.507 e. The van der Waals surface area contributed by atoms with Gasteiger partial charge in [-0.1, -0.05) is 49.6 Å². The number of aromatic hydroxyl groups is 1. The van der Waals surface area contributed by atoms with Crippen LogP contribution in [-0.4, -0.2) is 69.1 Å². The number of benzene rings is 2. The molecule has 1 saturated heterocycles. The number of phenols is 1. The van der Waals surface area contributed by atoms with E-state index in [9.17, 15) is 19.5 Å². The maximum Gasteiger partial charge on any atom is 0.410 e. The molecule has 2 aromatic carbocycles. The van der Waals surface area contributed by atoms with E-state index >= 15 is 0 Å². The first-order valence-electron chi connectivity index (χ1n) is 15.7. The average Bonchev–Trinajstić information content (AvgIpc) is 3.68. The van der Waals surface area contributed by atoms with Gasteiger partial charge in [-0.2, -0.15) is 0 Å². The number of hydrogen-bond acceptors (Lipinski definition) is 7. The van der Waals surface area contributed by atoms with Crippen molar-refractivity contribution in [3.8, 4) is 17.0 Å². The Morgan fingerprint density at radius 2 is 1.80 bits per heavy atom.